The largest absolute Gasteiger partial charge is 0.469 e. The third-order valence-corrected chi connectivity index (χ3v) is 3.89. The number of rotatable bonds is 7. The van der Waals surface area contributed by atoms with Crippen molar-refractivity contribution in [2.45, 2.75) is 26.8 Å². The zero-order valence-electron chi connectivity index (χ0n) is 14.4. The lowest BCUT2D eigenvalue weighted by molar-refractivity contribution is -0.140. The maximum atomic E-state index is 12.4. The molecule has 2 aromatic rings. The zero-order valence-corrected chi connectivity index (χ0v) is 14.4. The molecule has 0 amide bonds. The van der Waals surface area contributed by atoms with Gasteiger partial charge < -0.3 is 14.0 Å². The summed E-state index contributed by atoms with van der Waals surface area (Å²) in [7, 11) is 1.34. The van der Waals surface area contributed by atoms with Crippen molar-refractivity contribution in [2.75, 3.05) is 13.7 Å². The van der Waals surface area contributed by atoms with Crippen LogP contribution in [0.1, 0.15) is 38.5 Å². The van der Waals surface area contributed by atoms with E-state index < -0.39 is 5.97 Å². The first-order chi connectivity index (χ1) is 11.9. The Balaban J connectivity index is 2.02. The Morgan fingerprint density at radius 2 is 1.84 bits per heavy atom. The highest BCUT2D eigenvalue weighted by molar-refractivity contribution is 6.00. The van der Waals surface area contributed by atoms with E-state index in [0.717, 1.165) is 11.4 Å². The molecule has 0 N–H and O–H groups in total. The topological polar surface area (TPSA) is 87.5 Å². The summed E-state index contributed by atoms with van der Waals surface area (Å²) in [6.45, 7) is 3.73. The van der Waals surface area contributed by atoms with Crippen LogP contribution < -0.4 is 0 Å². The highest BCUT2D eigenvalue weighted by Gasteiger charge is 2.18. The number of methoxy groups -OCH3 is 1. The predicted octanol–water partition coefficient (Wildman–Crippen LogP) is 2.10. The van der Waals surface area contributed by atoms with E-state index in [0.29, 0.717) is 17.7 Å². The first-order valence-electron chi connectivity index (χ1n) is 7.78. The van der Waals surface area contributed by atoms with E-state index in [1.165, 1.54) is 31.6 Å². The van der Waals surface area contributed by atoms with Crippen LogP contribution in [0.25, 0.3) is 0 Å². The molecule has 0 unspecified atom stereocenters. The molecule has 0 bridgehead atoms. The molecule has 25 heavy (non-hydrogen) atoms. The standard InChI is InChI=1S/C18H20N2O5/c1-12-10-15(13(2)20(12)9-6-17(22)24-3)16(21)11-25-18(23)14-4-7-19-8-5-14/h4-5,7-8,10H,6,9,11H2,1-3H3. The van der Waals surface area contributed by atoms with Crippen molar-refractivity contribution in [3.05, 3.63) is 53.1 Å². The monoisotopic (exact) mass is 344 g/mol. The molecule has 0 aliphatic rings. The Morgan fingerprint density at radius 3 is 2.48 bits per heavy atom. The summed E-state index contributed by atoms with van der Waals surface area (Å²) < 4.78 is 11.6. The van der Waals surface area contributed by atoms with E-state index in [-0.39, 0.29) is 24.8 Å². The summed E-state index contributed by atoms with van der Waals surface area (Å²) in [4.78, 5) is 39.4. The van der Waals surface area contributed by atoms with Crippen molar-refractivity contribution in [1.29, 1.82) is 0 Å². The summed E-state index contributed by atoms with van der Waals surface area (Å²) in [6, 6.07) is 4.77. The van der Waals surface area contributed by atoms with E-state index >= 15 is 0 Å². The minimum absolute atomic E-state index is 0.220. The molecule has 132 valence electrons. The summed E-state index contributed by atoms with van der Waals surface area (Å²) in [5, 5.41) is 0. The summed E-state index contributed by atoms with van der Waals surface area (Å²) in [6.07, 6.45) is 3.18. The molecule has 7 heteroatoms. The lowest BCUT2D eigenvalue weighted by Crippen LogP contribution is -2.15. The molecule has 2 heterocycles. The zero-order chi connectivity index (χ0) is 18.4. The van der Waals surface area contributed by atoms with Crippen LogP contribution in [0.2, 0.25) is 0 Å². The maximum absolute atomic E-state index is 12.4. The fraction of sp³-hybridized carbons (Fsp3) is 0.333. The average Bonchev–Trinajstić information content (AvgIpc) is 2.92. The van der Waals surface area contributed by atoms with Gasteiger partial charge in [-0.15, -0.1) is 0 Å². The normalized spacial score (nSPS) is 10.4. The van der Waals surface area contributed by atoms with E-state index in [2.05, 4.69) is 9.72 Å². The van der Waals surface area contributed by atoms with Gasteiger partial charge in [0.2, 0.25) is 5.78 Å². The molecule has 2 rings (SSSR count). The number of pyridine rings is 1. The van der Waals surface area contributed by atoms with E-state index in [1.807, 2.05) is 11.5 Å². The van der Waals surface area contributed by atoms with Crippen LogP contribution in [0.15, 0.2) is 30.6 Å². The van der Waals surface area contributed by atoms with Crippen molar-refractivity contribution in [1.82, 2.24) is 9.55 Å². The number of ether oxygens (including phenoxy) is 2. The van der Waals surface area contributed by atoms with E-state index in [4.69, 9.17) is 4.74 Å². The molecule has 0 radical (unpaired) electrons. The lowest BCUT2D eigenvalue weighted by atomic mass is 10.1. The van der Waals surface area contributed by atoms with Crippen molar-refractivity contribution in [3.8, 4) is 0 Å². The van der Waals surface area contributed by atoms with Crippen LogP contribution in [0.5, 0.6) is 0 Å². The number of ketones is 1. The molecule has 0 saturated carbocycles. The Labute approximate surface area is 145 Å². The Bertz CT molecular complexity index is 780. The number of hydrogen-bond donors (Lipinski definition) is 0. The van der Waals surface area contributed by atoms with Crippen LogP contribution in [0.4, 0.5) is 0 Å². The number of carbonyl (C=O) groups excluding carboxylic acids is 3. The van der Waals surface area contributed by atoms with Gasteiger partial charge in [-0.25, -0.2) is 4.79 Å². The van der Waals surface area contributed by atoms with Gasteiger partial charge >= 0.3 is 11.9 Å². The van der Waals surface area contributed by atoms with Crippen molar-refractivity contribution in [3.63, 3.8) is 0 Å². The van der Waals surface area contributed by atoms with Crippen LogP contribution in [-0.4, -0.2) is 41.0 Å². The van der Waals surface area contributed by atoms with E-state index in [1.54, 1.807) is 13.0 Å². The molecule has 0 saturated heterocycles. The summed E-state index contributed by atoms with van der Waals surface area (Å²) >= 11 is 0. The quantitative estimate of drug-likeness (QED) is 0.565. The average molecular weight is 344 g/mol. The second-order valence-electron chi connectivity index (χ2n) is 5.50. The molecule has 0 aromatic carbocycles. The molecule has 7 nitrogen and oxygen atoms in total. The van der Waals surface area contributed by atoms with Crippen LogP contribution in [-0.2, 0) is 20.8 Å². The summed E-state index contributed by atoms with van der Waals surface area (Å²) in [5.74, 6) is -1.18. The molecule has 0 spiro atoms. The number of nitrogens with zero attached hydrogens (tertiary/aromatic N) is 2. The number of carbonyl (C=O) groups is 3. The molecule has 0 atom stereocenters. The third kappa shape index (κ3) is 4.53. The first kappa shape index (κ1) is 18.4. The number of aryl methyl sites for hydroxylation is 1. The Kier molecular flexibility index (Phi) is 6.05. The maximum Gasteiger partial charge on any atom is 0.338 e. The third-order valence-electron chi connectivity index (χ3n) is 3.89. The number of hydrogen-bond acceptors (Lipinski definition) is 6. The smallest absolute Gasteiger partial charge is 0.338 e. The fourth-order valence-electron chi connectivity index (χ4n) is 2.51. The van der Waals surface area contributed by atoms with Crippen LogP contribution in [0.3, 0.4) is 0 Å². The minimum Gasteiger partial charge on any atom is -0.469 e. The number of esters is 2. The second kappa shape index (κ2) is 8.23. The van der Waals surface area contributed by atoms with Gasteiger partial charge in [0, 0.05) is 35.9 Å². The minimum atomic E-state index is -0.574. The van der Waals surface area contributed by atoms with Gasteiger partial charge in [-0.2, -0.15) is 0 Å². The van der Waals surface area contributed by atoms with Crippen molar-refractivity contribution in [2.24, 2.45) is 0 Å². The van der Waals surface area contributed by atoms with Gasteiger partial charge in [-0.1, -0.05) is 0 Å². The second-order valence-corrected chi connectivity index (χ2v) is 5.50. The Hall–Kier alpha value is -2.96. The van der Waals surface area contributed by atoms with Gasteiger partial charge in [-0.3, -0.25) is 14.6 Å². The molecular formula is C18H20N2O5. The van der Waals surface area contributed by atoms with Crippen molar-refractivity contribution < 1.29 is 23.9 Å². The molecule has 0 aliphatic carbocycles. The Morgan fingerprint density at radius 1 is 1.16 bits per heavy atom. The molecule has 0 aliphatic heterocycles. The summed E-state index contributed by atoms with van der Waals surface area (Å²) in [5.41, 5.74) is 2.40. The number of Topliss-reactive ketones (excluding diaryl/α,β-unsaturated/α-hetero) is 1. The highest BCUT2D eigenvalue weighted by atomic mass is 16.5. The van der Waals surface area contributed by atoms with Crippen LogP contribution in [0, 0.1) is 13.8 Å². The SMILES string of the molecule is COC(=O)CCn1c(C)cc(C(=O)COC(=O)c2ccncc2)c1C. The highest BCUT2D eigenvalue weighted by Crippen LogP contribution is 2.17. The molecule has 0 fully saturated rings. The predicted molar refractivity (Wildman–Crippen MR) is 89.4 cm³/mol. The molecular weight excluding hydrogens is 324 g/mol. The fourth-order valence-corrected chi connectivity index (χ4v) is 2.51. The van der Waals surface area contributed by atoms with Gasteiger partial charge in [-0.05, 0) is 32.0 Å². The molecule has 2 aromatic heterocycles. The van der Waals surface area contributed by atoms with Gasteiger partial charge in [0.1, 0.15) is 0 Å². The van der Waals surface area contributed by atoms with Gasteiger partial charge in [0.15, 0.2) is 6.61 Å². The van der Waals surface area contributed by atoms with Gasteiger partial charge in [0.05, 0.1) is 19.1 Å². The lowest BCUT2D eigenvalue weighted by Gasteiger charge is -2.09. The van der Waals surface area contributed by atoms with E-state index in [9.17, 15) is 14.4 Å². The number of aromatic nitrogens is 2. The van der Waals surface area contributed by atoms with Crippen molar-refractivity contribution >= 4 is 17.7 Å². The van der Waals surface area contributed by atoms with Crippen LogP contribution >= 0.6 is 0 Å². The van der Waals surface area contributed by atoms with Gasteiger partial charge in [0.25, 0.3) is 0 Å². The first-order valence-corrected chi connectivity index (χ1v) is 7.78.